The van der Waals surface area contributed by atoms with Crippen LogP contribution in [0.25, 0.3) is 0 Å². The van der Waals surface area contributed by atoms with E-state index in [1.807, 2.05) is 0 Å². The second kappa shape index (κ2) is 7.34. The Kier molecular flexibility index (Phi) is 7.29. The molecule has 0 amide bonds. The third-order valence-corrected chi connectivity index (χ3v) is 2.56. The Bertz CT molecular complexity index is 115. The highest BCUT2D eigenvalue weighted by Gasteiger charge is 2.08. The summed E-state index contributed by atoms with van der Waals surface area (Å²) >= 11 is 0. The van der Waals surface area contributed by atoms with E-state index in [0.717, 1.165) is 19.1 Å². The Labute approximate surface area is 83.3 Å². The molecule has 0 heterocycles. The summed E-state index contributed by atoms with van der Waals surface area (Å²) in [4.78, 5) is 2.37. The number of methoxy groups -OCH3 is 1. The van der Waals surface area contributed by atoms with E-state index in [9.17, 15) is 0 Å². The molecule has 0 aromatic rings. The molecule has 80 valence electrons. The van der Waals surface area contributed by atoms with Gasteiger partial charge in [-0.3, -0.25) is 0 Å². The van der Waals surface area contributed by atoms with Crippen LogP contribution >= 0.6 is 0 Å². The van der Waals surface area contributed by atoms with Gasteiger partial charge >= 0.3 is 0 Å². The van der Waals surface area contributed by atoms with Crippen molar-refractivity contribution in [2.75, 3.05) is 27.3 Å². The van der Waals surface area contributed by atoms with Crippen molar-refractivity contribution >= 4 is 0 Å². The molecule has 0 rings (SSSR count). The third-order valence-electron chi connectivity index (χ3n) is 2.56. The van der Waals surface area contributed by atoms with Crippen molar-refractivity contribution in [1.82, 2.24) is 4.90 Å². The summed E-state index contributed by atoms with van der Waals surface area (Å²) in [7, 11) is 3.93. The van der Waals surface area contributed by atoms with Crippen LogP contribution in [0.15, 0.2) is 0 Å². The van der Waals surface area contributed by atoms with E-state index in [2.05, 4.69) is 32.7 Å². The predicted molar refractivity (Wildman–Crippen MR) is 58.0 cm³/mol. The predicted octanol–water partition coefficient (Wildman–Crippen LogP) is 2.39. The molecule has 0 aliphatic heterocycles. The van der Waals surface area contributed by atoms with E-state index >= 15 is 0 Å². The number of nitrogens with zero attached hydrogens (tertiary/aromatic N) is 1. The zero-order valence-corrected chi connectivity index (χ0v) is 9.84. The molecule has 2 nitrogen and oxygen atoms in total. The van der Waals surface area contributed by atoms with Gasteiger partial charge in [-0.2, -0.15) is 0 Å². The van der Waals surface area contributed by atoms with Crippen LogP contribution in [0.2, 0.25) is 0 Å². The molecule has 0 aliphatic carbocycles. The summed E-state index contributed by atoms with van der Waals surface area (Å²) in [6.07, 6.45) is 2.61. The van der Waals surface area contributed by atoms with Crippen LogP contribution in [0, 0.1) is 5.92 Å². The van der Waals surface area contributed by atoms with Crippen LogP contribution in [0.3, 0.4) is 0 Å². The third kappa shape index (κ3) is 7.03. The van der Waals surface area contributed by atoms with Gasteiger partial charge in [-0.15, -0.1) is 0 Å². The normalized spacial score (nSPS) is 14.1. The fraction of sp³-hybridized carbons (Fsp3) is 1.00. The first-order chi connectivity index (χ1) is 6.07. The smallest absolute Gasteiger partial charge is 0.0589 e. The maximum atomic E-state index is 5.05. The SMILES string of the molecule is COCCN(C)[C@H](C)CCC(C)C. The van der Waals surface area contributed by atoms with Crippen molar-refractivity contribution in [3.63, 3.8) is 0 Å². The van der Waals surface area contributed by atoms with Crippen molar-refractivity contribution in [2.45, 2.75) is 39.7 Å². The van der Waals surface area contributed by atoms with E-state index < -0.39 is 0 Å². The zero-order valence-electron chi connectivity index (χ0n) is 9.84. The molecule has 0 spiro atoms. The summed E-state index contributed by atoms with van der Waals surface area (Å²) in [5.74, 6) is 0.818. The summed E-state index contributed by atoms with van der Waals surface area (Å²) in [5, 5.41) is 0. The molecule has 0 unspecified atom stereocenters. The quantitative estimate of drug-likeness (QED) is 0.607. The van der Waals surface area contributed by atoms with E-state index in [1.54, 1.807) is 7.11 Å². The maximum absolute atomic E-state index is 5.05. The Morgan fingerprint density at radius 2 is 1.77 bits per heavy atom. The first-order valence-electron chi connectivity index (χ1n) is 5.27. The fourth-order valence-electron chi connectivity index (χ4n) is 1.25. The minimum absolute atomic E-state index is 0.678. The van der Waals surface area contributed by atoms with Gasteiger partial charge in [0.05, 0.1) is 6.61 Å². The van der Waals surface area contributed by atoms with E-state index in [4.69, 9.17) is 4.74 Å². The van der Waals surface area contributed by atoms with Crippen LogP contribution < -0.4 is 0 Å². The molecule has 0 aromatic carbocycles. The Morgan fingerprint density at radius 1 is 1.15 bits per heavy atom. The van der Waals surface area contributed by atoms with E-state index in [1.165, 1.54) is 12.8 Å². The molecule has 0 radical (unpaired) electrons. The topological polar surface area (TPSA) is 12.5 Å². The Hall–Kier alpha value is -0.0800. The van der Waals surface area contributed by atoms with Gasteiger partial charge in [0.25, 0.3) is 0 Å². The van der Waals surface area contributed by atoms with Crippen molar-refractivity contribution in [3.05, 3.63) is 0 Å². The molecule has 1 atom stereocenters. The van der Waals surface area contributed by atoms with Gasteiger partial charge < -0.3 is 9.64 Å². The average molecular weight is 187 g/mol. The Balaban J connectivity index is 3.50. The van der Waals surface area contributed by atoms with Crippen molar-refractivity contribution in [1.29, 1.82) is 0 Å². The maximum Gasteiger partial charge on any atom is 0.0589 e. The van der Waals surface area contributed by atoms with Gasteiger partial charge in [-0.1, -0.05) is 13.8 Å². The number of likely N-dealkylation sites (N-methyl/N-ethyl adjacent to an activating group) is 1. The standard InChI is InChI=1S/C11H25NO/c1-10(2)6-7-11(3)12(4)8-9-13-5/h10-11H,6-9H2,1-5H3/t11-/m1/s1. The largest absolute Gasteiger partial charge is 0.383 e. The highest BCUT2D eigenvalue weighted by Crippen LogP contribution is 2.10. The minimum Gasteiger partial charge on any atom is -0.383 e. The molecule has 0 saturated carbocycles. The van der Waals surface area contributed by atoms with E-state index in [-0.39, 0.29) is 0 Å². The van der Waals surface area contributed by atoms with Crippen molar-refractivity contribution in [3.8, 4) is 0 Å². The first kappa shape index (κ1) is 12.9. The average Bonchev–Trinajstić information content (AvgIpc) is 2.10. The monoisotopic (exact) mass is 187 g/mol. The number of rotatable bonds is 7. The van der Waals surface area contributed by atoms with Gasteiger partial charge in [0.1, 0.15) is 0 Å². The van der Waals surface area contributed by atoms with Crippen molar-refractivity contribution < 1.29 is 4.74 Å². The lowest BCUT2D eigenvalue weighted by Gasteiger charge is -2.24. The van der Waals surface area contributed by atoms with Gasteiger partial charge in [-0.05, 0) is 32.7 Å². The van der Waals surface area contributed by atoms with Gasteiger partial charge in [-0.25, -0.2) is 0 Å². The lowest BCUT2D eigenvalue weighted by Crippen LogP contribution is -2.32. The zero-order chi connectivity index (χ0) is 10.3. The van der Waals surface area contributed by atoms with Gasteiger partial charge in [0, 0.05) is 19.7 Å². The van der Waals surface area contributed by atoms with Crippen LogP contribution in [0.4, 0.5) is 0 Å². The molecule has 0 N–H and O–H groups in total. The molecule has 0 saturated heterocycles. The summed E-state index contributed by atoms with van der Waals surface area (Å²) in [6.45, 7) is 8.72. The second-order valence-electron chi connectivity index (χ2n) is 4.29. The van der Waals surface area contributed by atoms with E-state index in [0.29, 0.717) is 6.04 Å². The number of hydrogen-bond acceptors (Lipinski definition) is 2. The van der Waals surface area contributed by atoms with Crippen LogP contribution in [-0.2, 0) is 4.74 Å². The number of hydrogen-bond donors (Lipinski definition) is 0. The second-order valence-corrected chi connectivity index (χ2v) is 4.29. The Morgan fingerprint density at radius 3 is 2.23 bits per heavy atom. The van der Waals surface area contributed by atoms with Gasteiger partial charge in [0.15, 0.2) is 0 Å². The lowest BCUT2D eigenvalue weighted by atomic mass is 10.0. The molecule has 0 fully saturated rings. The molecule has 0 aromatic heterocycles. The minimum atomic E-state index is 0.678. The molecule has 0 bridgehead atoms. The van der Waals surface area contributed by atoms with Crippen molar-refractivity contribution in [2.24, 2.45) is 5.92 Å². The summed E-state index contributed by atoms with van der Waals surface area (Å²) in [5.41, 5.74) is 0. The van der Waals surface area contributed by atoms with Crippen LogP contribution in [0.5, 0.6) is 0 Å². The molecule has 2 heteroatoms. The molecule has 13 heavy (non-hydrogen) atoms. The molecular weight excluding hydrogens is 162 g/mol. The highest BCUT2D eigenvalue weighted by atomic mass is 16.5. The first-order valence-corrected chi connectivity index (χ1v) is 5.27. The van der Waals surface area contributed by atoms with Gasteiger partial charge in [0.2, 0.25) is 0 Å². The number of ether oxygens (including phenoxy) is 1. The van der Waals surface area contributed by atoms with Crippen LogP contribution in [-0.4, -0.2) is 38.3 Å². The van der Waals surface area contributed by atoms with Crippen LogP contribution in [0.1, 0.15) is 33.6 Å². The molecular formula is C11H25NO. The molecule has 0 aliphatic rings. The summed E-state index contributed by atoms with van der Waals surface area (Å²) < 4.78 is 5.05. The fourth-order valence-corrected chi connectivity index (χ4v) is 1.25. The lowest BCUT2D eigenvalue weighted by molar-refractivity contribution is 0.138. The summed E-state index contributed by atoms with van der Waals surface area (Å²) in [6, 6.07) is 0.678. The highest BCUT2D eigenvalue weighted by molar-refractivity contribution is 4.63.